The van der Waals surface area contributed by atoms with Gasteiger partial charge >= 0.3 is 0 Å². The lowest BCUT2D eigenvalue weighted by Gasteiger charge is -2.29. The molecule has 5 nitrogen and oxygen atoms in total. The number of β-amino-alcohol motifs (C(OH)–C–C–N with tert-alkyl or cyclic N) is 1. The summed E-state index contributed by atoms with van der Waals surface area (Å²) in [5, 5.41) is 10.1. The van der Waals surface area contributed by atoms with Gasteiger partial charge in [0.1, 0.15) is 24.8 Å². The molecule has 2 aromatic rings. The topological polar surface area (TPSA) is 58.5 Å². The van der Waals surface area contributed by atoms with E-state index >= 15 is 0 Å². The fourth-order valence-electron chi connectivity index (χ4n) is 2.52. The second-order valence-corrected chi connectivity index (χ2v) is 5.26. The molecule has 0 saturated heterocycles. The molecule has 0 amide bonds. The standard InChI is InChI=1S/C16H19N3O2/c20-14(11-21-15-4-2-1-3-5-15)9-19-7-6-13-8-17-12-18-16(13)10-19/h1-5,8,12,14,20H,6-7,9-11H2. The van der Waals surface area contributed by atoms with Crippen LogP contribution in [0, 0.1) is 0 Å². The van der Waals surface area contributed by atoms with E-state index in [1.165, 1.54) is 5.56 Å². The SMILES string of the molecule is OC(COc1ccccc1)CN1CCc2cncnc2C1. The zero-order valence-electron chi connectivity index (χ0n) is 11.9. The molecule has 0 saturated carbocycles. The Bertz CT molecular complexity index is 577. The van der Waals surface area contributed by atoms with E-state index in [1.54, 1.807) is 6.33 Å². The highest BCUT2D eigenvalue weighted by Crippen LogP contribution is 2.15. The van der Waals surface area contributed by atoms with Crippen molar-refractivity contribution in [2.24, 2.45) is 0 Å². The maximum atomic E-state index is 10.1. The maximum Gasteiger partial charge on any atom is 0.119 e. The van der Waals surface area contributed by atoms with Crippen LogP contribution in [0.4, 0.5) is 0 Å². The van der Waals surface area contributed by atoms with Crippen LogP contribution in [0.15, 0.2) is 42.9 Å². The van der Waals surface area contributed by atoms with Gasteiger partial charge in [-0.15, -0.1) is 0 Å². The molecule has 0 fully saturated rings. The molecule has 1 aromatic heterocycles. The summed E-state index contributed by atoms with van der Waals surface area (Å²) in [7, 11) is 0. The van der Waals surface area contributed by atoms with E-state index in [-0.39, 0.29) is 0 Å². The Morgan fingerprint density at radius 2 is 2.14 bits per heavy atom. The van der Waals surface area contributed by atoms with Gasteiger partial charge in [0.05, 0.1) is 5.69 Å². The summed E-state index contributed by atoms with van der Waals surface area (Å²) in [4.78, 5) is 10.6. The molecule has 0 radical (unpaired) electrons. The molecule has 3 rings (SSSR count). The first-order valence-electron chi connectivity index (χ1n) is 7.17. The monoisotopic (exact) mass is 285 g/mol. The van der Waals surface area contributed by atoms with Crippen LogP contribution in [0.3, 0.4) is 0 Å². The third kappa shape index (κ3) is 3.77. The highest BCUT2D eigenvalue weighted by molar-refractivity contribution is 5.21. The Balaban J connectivity index is 1.49. The first-order valence-corrected chi connectivity index (χ1v) is 7.17. The quantitative estimate of drug-likeness (QED) is 0.896. The third-order valence-corrected chi connectivity index (χ3v) is 3.61. The van der Waals surface area contributed by atoms with Crippen LogP contribution in [-0.4, -0.2) is 45.8 Å². The number of aromatic nitrogens is 2. The minimum atomic E-state index is -0.506. The van der Waals surface area contributed by atoms with Crippen molar-refractivity contribution >= 4 is 0 Å². The van der Waals surface area contributed by atoms with E-state index < -0.39 is 6.10 Å². The largest absolute Gasteiger partial charge is 0.491 e. The van der Waals surface area contributed by atoms with Crippen LogP contribution < -0.4 is 4.74 Å². The van der Waals surface area contributed by atoms with Gasteiger partial charge in [0.2, 0.25) is 0 Å². The maximum absolute atomic E-state index is 10.1. The predicted octanol–water partition coefficient (Wildman–Crippen LogP) is 1.27. The molecule has 1 unspecified atom stereocenters. The Labute approximate surface area is 124 Å². The molecule has 0 spiro atoms. The molecule has 0 aliphatic carbocycles. The summed E-state index contributed by atoms with van der Waals surface area (Å²) in [6.45, 7) is 2.58. The lowest BCUT2D eigenvalue weighted by Crippen LogP contribution is -2.39. The summed E-state index contributed by atoms with van der Waals surface area (Å²) in [6.07, 6.45) is 3.89. The van der Waals surface area contributed by atoms with Crippen molar-refractivity contribution in [3.05, 3.63) is 54.1 Å². The third-order valence-electron chi connectivity index (χ3n) is 3.61. The number of fused-ring (bicyclic) bond motifs is 1. The van der Waals surface area contributed by atoms with Crippen LogP contribution in [0.2, 0.25) is 0 Å². The van der Waals surface area contributed by atoms with Crippen molar-refractivity contribution in [1.29, 1.82) is 0 Å². The summed E-state index contributed by atoms with van der Waals surface area (Å²) in [5.41, 5.74) is 2.27. The summed E-state index contributed by atoms with van der Waals surface area (Å²) in [6, 6.07) is 9.56. The lowest BCUT2D eigenvalue weighted by molar-refractivity contribution is 0.0632. The average molecular weight is 285 g/mol. The average Bonchev–Trinajstić information content (AvgIpc) is 2.54. The van der Waals surface area contributed by atoms with Gasteiger partial charge in [-0.3, -0.25) is 4.90 Å². The molecule has 110 valence electrons. The van der Waals surface area contributed by atoms with E-state index in [1.807, 2.05) is 36.5 Å². The fourth-order valence-corrected chi connectivity index (χ4v) is 2.52. The smallest absolute Gasteiger partial charge is 0.119 e. The summed E-state index contributed by atoms with van der Waals surface area (Å²) in [5.74, 6) is 0.785. The van der Waals surface area contributed by atoms with Crippen LogP contribution in [-0.2, 0) is 13.0 Å². The van der Waals surface area contributed by atoms with Gasteiger partial charge in [0.15, 0.2) is 0 Å². The van der Waals surface area contributed by atoms with Gasteiger partial charge in [-0.2, -0.15) is 0 Å². The van der Waals surface area contributed by atoms with Crippen molar-refractivity contribution in [3.63, 3.8) is 0 Å². The number of para-hydroxylation sites is 1. The Morgan fingerprint density at radius 3 is 3.00 bits per heavy atom. The molecule has 1 N–H and O–H groups in total. The van der Waals surface area contributed by atoms with E-state index in [9.17, 15) is 5.11 Å². The van der Waals surface area contributed by atoms with E-state index in [4.69, 9.17) is 4.74 Å². The van der Waals surface area contributed by atoms with E-state index in [2.05, 4.69) is 14.9 Å². The molecule has 21 heavy (non-hydrogen) atoms. The highest BCUT2D eigenvalue weighted by atomic mass is 16.5. The second kappa shape index (κ2) is 6.65. The highest BCUT2D eigenvalue weighted by Gasteiger charge is 2.19. The summed E-state index contributed by atoms with van der Waals surface area (Å²) >= 11 is 0. The van der Waals surface area contributed by atoms with Crippen LogP contribution in [0.5, 0.6) is 5.75 Å². The van der Waals surface area contributed by atoms with Gasteiger partial charge in [-0.05, 0) is 24.1 Å². The zero-order valence-corrected chi connectivity index (χ0v) is 11.9. The van der Waals surface area contributed by atoms with Gasteiger partial charge in [-0.1, -0.05) is 18.2 Å². The molecular weight excluding hydrogens is 266 g/mol. The number of aliphatic hydroxyl groups is 1. The Kier molecular flexibility index (Phi) is 4.43. The first-order chi connectivity index (χ1) is 10.3. The molecular formula is C16H19N3O2. The Morgan fingerprint density at radius 1 is 1.29 bits per heavy atom. The molecule has 5 heteroatoms. The van der Waals surface area contributed by atoms with Crippen molar-refractivity contribution in [3.8, 4) is 5.75 Å². The van der Waals surface area contributed by atoms with E-state index in [0.717, 1.165) is 31.0 Å². The van der Waals surface area contributed by atoms with Gasteiger partial charge in [0.25, 0.3) is 0 Å². The number of nitrogens with zero attached hydrogens (tertiary/aromatic N) is 3. The Hall–Kier alpha value is -1.98. The lowest BCUT2D eigenvalue weighted by atomic mass is 10.1. The number of aliphatic hydroxyl groups excluding tert-OH is 1. The number of hydrogen-bond donors (Lipinski definition) is 1. The van der Waals surface area contributed by atoms with Crippen molar-refractivity contribution in [2.75, 3.05) is 19.7 Å². The molecule has 1 aromatic carbocycles. The molecule has 1 aliphatic heterocycles. The zero-order chi connectivity index (χ0) is 14.5. The van der Waals surface area contributed by atoms with Crippen LogP contribution in [0.25, 0.3) is 0 Å². The number of hydrogen-bond acceptors (Lipinski definition) is 5. The minimum absolute atomic E-state index is 0.303. The van der Waals surface area contributed by atoms with Gasteiger partial charge in [0, 0.05) is 25.8 Å². The van der Waals surface area contributed by atoms with Crippen molar-refractivity contribution in [1.82, 2.24) is 14.9 Å². The fraction of sp³-hybridized carbons (Fsp3) is 0.375. The molecule has 0 bridgehead atoms. The van der Waals surface area contributed by atoms with Gasteiger partial charge < -0.3 is 9.84 Å². The van der Waals surface area contributed by atoms with Crippen molar-refractivity contribution in [2.45, 2.75) is 19.1 Å². The molecule has 2 heterocycles. The van der Waals surface area contributed by atoms with Crippen LogP contribution in [0.1, 0.15) is 11.3 Å². The predicted molar refractivity (Wildman–Crippen MR) is 79.0 cm³/mol. The van der Waals surface area contributed by atoms with E-state index in [0.29, 0.717) is 13.2 Å². The number of benzene rings is 1. The molecule has 1 aliphatic rings. The normalized spacial score (nSPS) is 16.2. The minimum Gasteiger partial charge on any atom is -0.491 e. The molecule has 1 atom stereocenters. The number of ether oxygens (including phenoxy) is 1. The number of rotatable bonds is 5. The second-order valence-electron chi connectivity index (χ2n) is 5.26. The first kappa shape index (κ1) is 14.0. The van der Waals surface area contributed by atoms with Gasteiger partial charge in [-0.25, -0.2) is 9.97 Å². The van der Waals surface area contributed by atoms with Crippen molar-refractivity contribution < 1.29 is 9.84 Å². The van der Waals surface area contributed by atoms with Crippen LogP contribution >= 0.6 is 0 Å². The summed E-state index contributed by atoms with van der Waals surface area (Å²) < 4.78 is 5.58.